The van der Waals surface area contributed by atoms with Gasteiger partial charge in [0.25, 0.3) is 0 Å². The molecule has 1 aromatic rings. The molecule has 3 unspecified atom stereocenters. The second kappa shape index (κ2) is 4.93. The zero-order valence-electron chi connectivity index (χ0n) is 11.5. The van der Waals surface area contributed by atoms with Crippen molar-refractivity contribution in [1.29, 1.82) is 0 Å². The maximum atomic E-state index is 3.57. The van der Waals surface area contributed by atoms with Crippen molar-refractivity contribution in [2.24, 2.45) is 11.8 Å². The number of rotatable bonds is 2. The molecule has 1 saturated heterocycles. The first-order valence-corrected chi connectivity index (χ1v) is 7.35. The van der Waals surface area contributed by atoms with E-state index in [0.29, 0.717) is 6.04 Å². The van der Waals surface area contributed by atoms with Crippen LogP contribution < -0.4 is 10.2 Å². The van der Waals surface area contributed by atoms with E-state index >= 15 is 0 Å². The highest BCUT2D eigenvalue weighted by molar-refractivity contribution is 5.57. The summed E-state index contributed by atoms with van der Waals surface area (Å²) in [5, 5.41) is 3.57. The lowest BCUT2D eigenvalue weighted by Gasteiger charge is -2.41. The van der Waals surface area contributed by atoms with Crippen LogP contribution in [0, 0.1) is 11.8 Å². The number of hydrogen-bond acceptors (Lipinski definition) is 2. The van der Waals surface area contributed by atoms with Gasteiger partial charge in [-0.15, -0.1) is 0 Å². The molecule has 0 radical (unpaired) electrons. The largest absolute Gasteiger partial charge is 0.366 e. The van der Waals surface area contributed by atoms with Crippen LogP contribution in [0.3, 0.4) is 0 Å². The zero-order chi connectivity index (χ0) is 12.5. The number of anilines is 1. The van der Waals surface area contributed by atoms with E-state index in [1.54, 1.807) is 0 Å². The minimum atomic E-state index is 0.693. The van der Waals surface area contributed by atoms with E-state index in [1.807, 2.05) is 0 Å². The lowest BCUT2D eigenvalue weighted by Crippen LogP contribution is -2.46. The molecule has 1 N–H and O–H groups in total. The Morgan fingerprint density at radius 2 is 2.11 bits per heavy atom. The van der Waals surface area contributed by atoms with Gasteiger partial charge in [0.05, 0.1) is 0 Å². The molecule has 2 heteroatoms. The van der Waals surface area contributed by atoms with Gasteiger partial charge in [0.2, 0.25) is 0 Å². The predicted octanol–water partition coefficient (Wildman–Crippen LogP) is 2.68. The van der Waals surface area contributed by atoms with E-state index in [0.717, 1.165) is 18.4 Å². The molecule has 3 rings (SSSR count). The first-order valence-electron chi connectivity index (χ1n) is 7.35. The van der Waals surface area contributed by atoms with E-state index < -0.39 is 0 Å². The normalized spacial score (nSPS) is 31.4. The fourth-order valence-corrected chi connectivity index (χ4v) is 3.65. The third-order valence-corrected chi connectivity index (χ3v) is 4.61. The maximum Gasteiger partial charge on any atom is 0.0454 e. The third-order valence-electron chi connectivity index (χ3n) is 4.61. The van der Waals surface area contributed by atoms with E-state index in [9.17, 15) is 0 Å². The second-order valence-electron chi connectivity index (χ2n) is 5.98. The van der Waals surface area contributed by atoms with Crippen molar-refractivity contribution in [2.75, 3.05) is 24.5 Å². The molecule has 0 amide bonds. The van der Waals surface area contributed by atoms with Gasteiger partial charge in [0, 0.05) is 31.4 Å². The molecule has 0 aromatic heterocycles. The summed E-state index contributed by atoms with van der Waals surface area (Å²) in [5.41, 5.74) is 3.03. The summed E-state index contributed by atoms with van der Waals surface area (Å²) in [7, 11) is 0. The molecule has 18 heavy (non-hydrogen) atoms. The highest BCUT2D eigenvalue weighted by Crippen LogP contribution is 2.34. The summed E-state index contributed by atoms with van der Waals surface area (Å²) in [5.74, 6) is 1.58. The van der Waals surface area contributed by atoms with Crippen LogP contribution in [0.4, 0.5) is 5.69 Å². The highest BCUT2D eigenvalue weighted by Gasteiger charge is 2.34. The molecule has 0 spiro atoms. The summed E-state index contributed by atoms with van der Waals surface area (Å²) in [6.07, 6.45) is 2.52. The number of para-hydroxylation sites is 1. The third kappa shape index (κ3) is 2.03. The van der Waals surface area contributed by atoms with E-state index in [1.165, 1.54) is 37.2 Å². The molecule has 1 fully saturated rings. The number of nitrogens with one attached hydrogen (secondary N) is 1. The topological polar surface area (TPSA) is 15.3 Å². The first-order chi connectivity index (χ1) is 8.79. The van der Waals surface area contributed by atoms with Gasteiger partial charge in [-0.3, -0.25) is 0 Å². The van der Waals surface area contributed by atoms with Crippen LogP contribution in [-0.4, -0.2) is 25.7 Å². The molecule has 2 aliphatic rings. The molecule has 0 bridgehead atoms. The predicted molar refractivity (Wildman–Crippen MR) is 77.1 cm³/mol. The summed E-state index contributed by atoms with van der Waals surface area (Å²) in [6.45, 7) is 8.27. The molecular formula is C16H24N2. The second-order valence-corrected chi connectivity index (χ2v) is 5.98. The minimum absolute atomic E-state index is 0.693. The lowest BCUT2D eigenvalue weighted by molar-refractivity contribution is 0.422. The monoisotopic (exact) mass is 244 g/mol. The fourth-order valence-electron chi connectivity index (χ4n) is 3.65. The molecule has 2 nitrogen and oxygen atoms in total. The van der Waals surface area contributed by atoms with Crippen molar-refractivity contribution in [2.45, 2.75) is 32.7 Å². The van der Waals surface area contributed by atoms with Gasteiger partial charge in [-0.2, -0.15) is 0 Å². The van der Waals surface area contributed by atoms with Crippen molar-refractivity contribution in [3.63, 3.8) is 0 Å². The average Bonchev–Trinajstić information content (AvgIpc) is 2.85. The quantitative estimate of drug-likeness (QED) is 0.860. The Hall–Kier alpha value is -1.02. The Morgan fingerprint density at radius 3 is 2.94 bits per heavy atom. The van der Waals surface area contributed by atoms with Gasteiger partial charge in [0.15, 0.2) is 0 Å². The van der Waals surface area contributed by atoms with Gasteiger partial charge in [0.1, 0.15) is 0 Å². The zero-order valence-corrected chi connectivity index (χ0v) is 11.5. The molecular weight excluding hydrogens is 220 g/mol. The van der Waals surface area contributed by atoms with Gasteiger partial charge >= 0.3 is 0 Å². The molecule has 3 atom stereocenters. The maximum absolute atomic E-state index is 3.57. The van der Waals surface area contributed by atoms with Crippen LogP contribution in [0.2, 0.25) is 0 Å². The van der Waals surface area contributed by atoms with Crippen LogP contribution in [0.15, 0.2) is 24.3 Å². The van der Waals surface area contributed by atoms with E-state index in [2.05, 4.69) is 48.3 Å². The number of benzene rings is 1. The van der Waals surface area contributed by atoms with Gasteiger partial charge < -0.3 is 10.2 Å². The smallest absolute Gasteiger partial charge is 0.0454 e. The fraction of sp³-hybridized carbons (Fsp3) is 0.625. The van der Waals surface area contributed by atoms with Crippen LogP contribution in [0.5, 0.6) is 0 Å². The van der Waals surface area contributed by atoms with Gasteiger partial charge in [-0.1, -0.05) is 38.5 Å². The Kier molecular flexibility index (Phi) is 3.29. The summed E-state index contributed by atoms with van der Waals surface area (Å²) in [4.78, 5) is 2.68. The van der Waals surface area contributed by atoms with Crippen molar-refractivity contribution in [3.05, 3.63) is 29.8 Å². The molecule has 2 aliphatic heterocycles. The Labute approximate surface area is 110 Å². The van der Waals surface area contributed by atoms with E-state index in [4.69, 9.17) is 0 Å². The SMILES string of the molecule is CCC1CNCC1N1CC(C)Cc2ccccc21. The van der Waals surface area contributed by atoms with Crippen LogP contribution in [0.25, 0.3) is 0 Å². The first kappa shape index (κ1) is 12.0. The Bertz CT molecular complexity index is 415. The van der Waals surface area contributed by atoms with Gasteiger partial charge in [-0.05, 0) is 29.9 Å². The lowest BCUT2D eigenvalue weighted by atomic mass is 9.90. The summed E-state index contributed by atoms with van der Waals surface area (Å²) < 4.78 is 0. The standard InChI is InChI=1S/C16H24N2/c1-3-13-9-17-10-16(13)18-11-12(2)8-14-6-4-5-7-15(14)18/h4-7,12-13,16-17H,3,8-11H2,1-2H3. The van der Waals surface area contributed by atoms with Gasteiger partial charge in [-0.25, -0.2) is 0 Å². The Morgan fingerprint density at radius 1 is 1.28 bits per heavy atom. The Balaban J connectivity index is 1.92. The van der Waals surface area contributed by atoms with Crippen molar-refractivity contribution in [3.8, 4) is 0 Å². The molecule has 0 aliphatic carbocycles. The van der Waals surface area contributed by atoms with Crippen LogP contribution >= 0.6 is 0 Å². The van der Waals surface area contributed by atoms with Crippen LogP contribution in [0.1, 0.15) is 25.8 Å². The number of nitrogens with zero attached hydrogens (tertiary/aromatic N) is 1. The summed E-state index contributed by atoms with van der Waals surface area (Å²) in [6, 6.07) is 9.68. The molecule has 1 aromatic carbocycles. The minimum Gasteiger partial charge on any atom is -0.366 e. The van der Waals surface area contributed by atoms with Crippen molar-refractivity contribution < 1.29 is 0 Å². The molecule has 2 heterocycles. The summed E-state index contributed by atoms with van der Waals surface area (Å²) >= 11 is 0. The average molecular weight is 244 g/mol. The molecule has 98 valence electrons. The number of fused-ring (bicyclic) bond motifs is 1. The highest BCUT2D eigenvalue weighted by atomic mass is 15.2. The molecule has 0 saturated carbocycles. The number of hydrogen-bond donors (Lipinski definition) is 1. The van der Waals surface area contributed by atoms with Crippen LogP contribution in [-0.2, 0) is 6.42 Å². The van der Waals surface area contributed by atoms with Crippen molar-refractivity contribution in [1.82, 2.24) is 5.32 Å². The van der Waals surface area contributed by atoms with E-state index in [-0.39, 0.29) is 0 Å². The van der Waals surface area contributed by atoms with Crippen molar-refractivity contribution >= 4 is 5.69 Å².